The first-order chi connectivity index (χ1) is 12.5. The van der Waals surface area contributed by atoms with Crippen LogP contribution in [0.15, 0.2) is 48.5 Å². The molecule has 138 valence electrons. The van der Waals surface area contributed by atoms with E-state index >= 15 is 0 Å². The molecular formula is C20H24N2O4. The van der Waals surface area contributed by atoms with Gasteiger partial charge in [0.05, 0.1) is 18.4 Å². The van der Waals surface area contributed by atoms with Crippen LogP contribution in [0.25, 0.3) is 0 Å². The first kappa shape index (κ1) is 19.3. The molecule has 0 spiro atoms. The number of hydrogen-bond acceptors (Lipinski definition) is 4. The Hall–Kier alpha value is -3.02. The number of benzene rings is 2. The fourth-order valence-corrected chi connectivity index (χ4v) is 2.29. The van der Waals surface area contributed by atoms with Crippen molar-refractivity contribution < 1.29 is 19.1 Å². The van der Waals surface area contributed by atoms with Crippen LogP contribution in [0.1, 0.15) is 30.6 Å². The van der Waals surface area contributed by atoms with E-state index in [1.165, 1.54) is 0 Å². The largest absolute Gasteiger partial charge is 0.497 e. The lowest BCUT2D eigenvalue weighted by Gasteiger charge is -2.16. The van der Waals surface area contributed by atoms with Crippen molar-refractivity contribution >= 4 is 17.5 Å². The summed E-state index contributed by atoms with van der Waals surface area (Å²) < 4.78 is 10.8. The summed E-state index contributed by atoms with van der Waals surface area (Å²) in [5, 5.41) is 5.57. The van der Waals surface area contributed by atoms with E-state index in [9.17, 15) is 9.59 Å². The smallest absolute Gasteiger partial charge is 0.265 e. The number of hydrogen-bond donors (Lipinski definition) is 2. The van der Waals surface area contributed by atoms with Crippen molar-refractivity contribution in [3.8, 4) is 11.5 Å². The topological polar surface area (TPSA) is 76.7 Å². The summed E-state index contributed by atoms with van der Waals surface area (Å²) >= 11 is 0. The van der Waals surface area contributed by atoms with Gasteiger partial charge in [0.15, 0.2) is 6.10 Å². The average Bonchev–Trinajstić information content (AvgIpc) is 2.66. The van der Waals surface area contributed by atoms with Crippen molar-refractivity contribution in [3.05, 3.63) is 54.1 Å². The van der Waals surface area contributed by atoms with Crippen molar-refractivity contribution in [2.24, 2.45) is 0 Å². The van der Waals surface area contributed by atoms with Gasteiger partial charge in [0, 0.05) is 12.6 Å². The molecular weight excluding hydrogens is 332 g/mol. The van der Waals surface area contributed by atoms with Crippen LogP contribution in [-0.4, -0.2) is 31.6 Å². The van der Waals surface area contributed by atoms with Crippen LogP contribution in [0.5, 0.6) is 11.5 Å². The second-order valence-corrected chi connectivity index (χ2v) is 5.73. The highest BCUT2D eigenvalue weighted by Crippen LogP contribution is 2.21. The van der Waals surface area contributed by atoms with E-state index in [1.807, 2.05) is 6.92 Å². The Kier molecular flexibility index (Phi) is 7.02. The molecule has 1 atom stereocenters. The third-order valence-corrected chi connectivity index (χ3v) is 3.69. The molecule has 6 nitrogen and oxygen atoms in total. The van der Waals surface area contributed by atoms with Gasteiger partial charge in [-0.05, 0) is 37.6 Å². The van der Waals surface area contributed by atoms with E-state index in [0.29, 0.717) is 29.3 Å². The molecule has 0 saturated carbocycles. The van der Waals surface area contributed by atoms with Crippen LogP contribution in [0.4, 0.5) is 5.69 Å². The van der Waals surface area contributed by atoms with E-state index in [1.54, 1.807) is 62.6 Å². The third-order valence-electron chi connectivity index (χ3n) is 3.69. The normalized spacial score (nSPS) is 11.3. The minimum Gasteiger partial charge on any atom is -0.497 e. The van der Waals surface area contributed by atoms with Gasteiger partial charge in [-0.3, -0.25) is 9.59 Å². The average molecular weight is 356 g/mol. The quantitative estimate of drug-likeness (QED) is 0.761. The van der Waals surface area contributed by atoms with Gasteiger partial charge >= 0.3 is 0 Å². The van der Waals surface area contributed by atoms with Gasteiger partial charge < -0.3 is 20.1 Å². The van der Waals surface area contributed by atoms with E-state index in [-0.39, 0.29) is 11.8 Å². The molecule has 6 heteroatoms. The number of rotatable bonds is 8. The molecule has 2 amide bonds. The number of methoxy groups -OCH3 is 1. The van der Waals surface area contributed by atoms with Gasteiger partial charge in [-0.2, -0.15) is 0 Å². The number of ether oxygens (including phenoxy) is 2. The molecule has 2 aromatic rings. The molecule has 0 aliphatic heterocycles. The molecule has 0 fully saturated rings. The van der Waals surface area contributed by atoms with Crippen molar-refractivity contribution in [3.63, 3.8) is 0 Å². The summed E-state index contributed by atoms with van der Waals surface area (Å²) in [5.74, 6) is 0.613. The van der Waals surface area contributed by atoms with Crippen LogP contribution in [0, 0.1) is 0 Å². The lowest BCUT2D eigenvalue weighted by atomic mass is 10.1. The molecule has 26 heavy (non-hydrogen) atoms. The number of anilines is 1. The van der Waals surface area contributed by atoms with Crippen LogP contribution >= 0.6 is 0 Å². The Morgan fingerprint density at radius 2 is 1.81 bits per heavy atom. The van der Waals surface area contributed by atoms with E-state index in [4.69, 9.17) is 9.47 Å². The molecule has 0 radical (unpaired) electrons. The number of amides is 2. The van der Waals surface area contributed by atoms with Crippen LogP contribution in [0.3, 0.4) is 0 Å². The summed E-state index contributed by atoms with van der Waals surface area (Å²) in [5.41, 5.74) is 0.870. The first-order valence-electron chi connectivity index (χ1n) is 8.54. The highest BCUT2D eigenvalue weighted by Gasteiger charge is 2.18. The standard InChI is InChI=1S/C20H24N2O4/c1-4-12-21-20(24)17-10-5-6-11-18(17)22-19(23)14(2)26-16-9-7-8-15(13-16)25-3/h5-11,13-14H,4,12H2,1-3H3,(H,21,24)(H,22,23)/t14-/m1/s1. The monoisotopic (exact) mass is 356 g/mol. The SMILES string of the molecule is CCCNC(=O)c1ccccc1NC(=O)[C@@H](C)Oc1cccc(OC)c1. The highest BCUT2D eigenvalue weighted by molar-refractivity contribution is 6.04. The number of para-hydroxylation sites is 1. The van der Waals surface area contributed by atoms with E-state index in [2.05, 4.69) is 10.6 Å². The summed E-state index contributed by atoms with van der Waals surface area (Å²) in [6.07, 6.45) is 0.0972. The number of nitrogens with one attached hydrogen (secondary N) is 2. The fraction of sp³-hybridized carbons (Fsp3) is 0.300. The molecule has 2 N–H and O–H groups in total. The summed E-state index contributed by atoms with van der Waals surface area (Å²) in [7, 11) is 1.57. The fourth-order valence-electron chi connectivity index (χ4n) is 2.29. The Morgan fingerprint density at radius 1 is 1.08 bits per heavy atom. The lowest BCUT2D eigenvalue weighted by Crippen LogP contribution is -2.32. The third kappa shape index (κ3) is 5.24. The maximum atomic E-state index is 12.5. The maximum Gasteiger partial charge on any atom is 0.265 e. The summed E-state index contributed by atoms with van der Waals surface area (Å²) in [6, 6.07) is 13.9. The van der Waals surface area contributed by atoms with Gasteiger partial charge in [-0.15, -0.1) is 0 Å². The number of carbonyl (C=O) groups is 2. The minimum atomic E-state index is -0.742. The van der Waals surface area contributed by atoms with Gasteiger partial charge in [0.2, 0.25) is 0 Å². The molecule has 0 saturated heterocycles. The van der Waals surface area contributed by atoms with E-state index in [0.717, 1.165) is 6.42 Å². The van der Waals surface area contributed by atoms with Gasteiger partial charge in [-0.25, -0.2) is 0 Å². The molecule has 0 unspecified atom stereocenters. The molecule has 0 aliphatic rings. The second-order valence-electron chi connectivity index (χ2n) is 5.73. The van der Waals surface area contributed by atoms with Crippen molar-refractivity contribution in [1.29, 1.82) is 0 Å². The predicted molar refractivity (Wildman–Crippen MR) is 101 cm³/mol. The zero-order valence-corrected chi connectivity index (χ0v) is 15.2. The van der Waals surface area contributed by atoms with Gasteiger partial charge in [0.1, 0.15) is 11.5 Å². The lowest BCUT2D eigenvalue weighted by molar-refractivity contribution is -0.122. The Bertz CT molecular complexity index is 761. The highest BCUT2D eigenvalue weighted by atomic mass is 16.5. The second kappa shape index (κ2) is 9.46. The van der Waals surface area contributed by atoms with Crippen LogP contribution < -0.4 is 20.1 Å². The maximum absolute atomic E-state index is 12.5. The minimum absolute atomic E-state index is 0.218. The Morgan fingerprint density at radius 3 is 2.54 bits per heavy atom. The van der Waals surface area contributed by atoms with Gasteiger partial charge in [0.25, 0.3) is 11.8 Å². The zero-order valence-electron chi connectivity index (χ0n) is 15.2. The molecule has 0 aliphatic carbocycles. The summed E-state index contributed by atoms with van der Waals surface area (Å²) in [6.45, 7) is 4.20. The first-order valence-corrected chi connectivity index (χ1v) is 8.54. The van der Waals surface area contributed by atoms with Crippen molar-refractivity contribution in [1.82, 2.24) is 5.32 Å². The van der Waals surface area contributed by atoms with Crippen LogP contribution in [-0.2, 0) is 4.79 Å². The van der Waals surface area contributed by atoms with Crippen molar-refractivity contribution in [2.75, 3.05) is 19.0 Å². The Balaban J connectivity index is 2.05. The predicted octanol–water partition coefficient (Wildman–Crippen LogP) is 3.24. The van der Waals surface area contributed by atoms with Crippen LogP contribution in [0.2, 0.25) is 0 Å². The molecule has 2 rings (SSSR count). The molecule has 2 aromatic carbocycles. The van der Waals surface area contributed by atoms with E-state index < -0.39 is 6.10 Å². The summed E-state index contributed by atoms with van der Waals surface area (Å²) in [4.78, 5) is 24.7. The Labute approximate surface area is 153 Å². The van der Waals surface area contributed by atoms with Crippen molar-refractivity contribution in [2.45, 2.75) is 26.4 Å². The molecule has 0 bridgehead atoms. The number of carbonyl (C=O) groups excluding carboxylic acids is 2. The molecule has 0 aromatic heterocycles. The zero-order chi connectivity index (χ0) is 18.9. The van der Waals surface area contributed by atoms with Gasteiger partial charge in [-0.1, -0.05) is 25.1 Å². The molecule has 0 heterocycles.